The molecule has 1 aliphatic rings. The molecule has 134 valence electrons. The Balaban J connectivity index is 1.59. The molecule has 0 radical (unpaired) electrons. The van der Waals surface area contributed by atoms with Crippen LogP contribution in [0.1, 0.15) is 30.1 Å². The van der Waals surface area contributed by atoms with Crippen LogP contribution < -0.4 is 5.32 Å². The van der Waals surface area contributed by atoms with Crippen LogP contribution in [0.15, 0.2) is 79.1 Å². The summed E-state index contributed by atoms with van der Waals surface area (Å²) in [6, 6.07) is 18.1. The quantitative estimate of drug-likeness (QED) is 0.840. The summed E-state index contributed by atoms with van der Waals surface area (Å²) in [5.41, 5.74) is 4.10. The zero-order chi connectivity index (χ0) is 18.4. The second kappa shape index (κ2) is 8.52. The summed E-state index contributed by atoms with van der Waals surface area (Å²) < 4.78 is 0. The highest BCUT2D eigenvalue weighted by atomic mass is 16.2. The average Bonchev–Trinajstić information content (AvgIpc) is 2.72. The van der Waals surface area contributed by atoms with E-state index in [1.165, 1.54) is 5.56 Å². The highest BCUT2D eigenvalue weighted by Crippen LogP contribution is 2.24. The molecule has 0 spiro atoms. The molecule has 1 amide bonds. The van der Waals surface area contributed by atoms with E-state index in [1.54, 1.807) is 0 Å². The summed E-state index contributed by atoms with van der Waals surface area (Å²) >= 11 is 0. The van der Waals surface area contributed by atoms with Crippen LogP contribution in [-0.2, 0) is 0 Å². The SMILES string of the molecule is C=C(N/C=C\C)C1CCN(C(=O)c2ccc(-c3ccccc3)cc2)CC1. The van der Waals surface area contributed by atoms with Gasteiger partial charge < -0.3 is 10.2 Å². The van der Waals surface area contributed by atoms with Crippen LogP contribution in [0.2, 0.25) is 0 Å². The zero-order valence-corrected chi connectivity index (χ0v) is 15.3. The fourth-order valence-corrected chi connectivity index (χ4v) is 3.36. The summed E-state index contributed by atoms with van der Waals surface area (Å²) in [5.74, 6) is 0.547. The molecule has 2 aromatic rings. The molecule has 1 aliphatic heterocycles. The highest BCUT2D eigenvalue weighted by Gasteiger charge is 2.24. The van der Waals surface area contributed by atoms with Gasteiger partial charge in [0.15, 0.2) is 0 Å². The lowest BCUT2D eigenvalue weighted by Gasteiger charge is -2.33. The molecule has 1 heterocycles. The third-order valence-corrected chi connectivity index (χ3v) is 4.95. The lowest BCUT2D eigenvalue weighted by molar-refractivity contribution is 0.0701. The molecule has 3 heteroatoms. The number of piperidine rings is 1. The van der Waals surface area contributed by atoms with Crippen molar-refractivity contribution in [3.05, 3.63) is 84.7 Å². The standard InChI is InChI=1S/C23H26N2O/c1-3-15-24-18(2)19-13-16-25(17-14-19)23(26)22-11-9-21(10-12-22)20-7-5-4-6-8-20/h3-12,15,19,24H,2,13-14,16-17H2,1H3/b15-3-. The molecule has 0 atom stereocenters. The molecule has 0 aliphatic carbocycles. The molecule has 0 aromatic heterocycles. The van der Waals surface area contributed by atoms with E-state index in [9.17, 15) is 4.79 Å². The van der Waals surface area contributed by atoms with Crippen molar-refractivity contribution in [1.29, 1.82) is 0 Å². The van der Waals surface area contributed by atoms with Gasteiger partial charge in [0, 0.05) is 30.3 Å². The minimum absolute atomic E-state index is 0.120. The summed E-state index contributed by atoms with van der Waals surface area (Å²) in [4.78, 5) is 14.7. The Morgan fingerprint density at radius 2 is 1.65 bits per heavy atom. The third-order valence-electron chi connectivity index (χ3n) is 4.95. The van der Waals surface area contributed by atoms with Crippen LogP contribution in [0.4, 0.5) is 0 Å². The number of nitrogens with one attached hydrogen (secondary N) is 1. The molecule has 2 aromatic carbocycles. The Kier molecular flexibility index (Phi) is 5.90. The van der Waals surface area contributed by atoms with Crippen molar-refractivity contribution < 1.29 is 4.79 Å². The third kappa shape index (κ3) is 4.23. The number of amides is 1. The van der Waals surface area contributed by atoms with Gasteiger partial charge in [0.1, 0.15) is 0 Å². The predicted molar refractivity (Wildman–Crippen MR) is 108 cm³/mol. The number of carbonyl (C=O) groups is 1. The van der Waals surface area contributed by atoms with E-state index in [2.05, 4.69) is 24.0 Å². The summed E-state index contributed by atoms with van der Waals surface area (Å²) in [5, 5.41) is 3.22. The van der Waals surface area contributed by atoms with Gasteiger partial charge in [-0.3, -0.25) is 4.79 Å². The van der Waals surface area contributed by atoms with E-state index in [0.29, 0.717) is 5.92 Å². The first kappa shape index (κ1) is 18.0. The van der Waals surface area contributed by atoms with Gasteiger partial charge in [-0.1, -0.05) is 55.1 Å². The molecular weight excluding hydrogens is 320 g/mol. The van der Waals surface area contributed by atoms with Gasteiger partial charge in [0.2, 0.25) is 0 Å². The van der Waals surface area contributed by atoms with E-state index in [1.807, 2.05) is 66.6 Å². The second-order valence-corrected chi connectivity index (χ2v) is 6.68. The first-order valence-corrected chi connectivity index (χ1v) is 9.20. The van der Waals surface area contributed by atoms with Gasteiger partial charge in [0.05, 0.1) is 0 Å². The van der Waals surface area contributed by atoms with Crippen molar-refractivity contribution >= 4 is 5.91 Å². The molecule has 3 nitrogen and oxygen atoms in total. The van der Waals surface area contributed by atoms with E-state index in [0.717, 1.165) is 42.8 Å². The Morgan fingerprint density at radius 3 is 2.27 bits per heavy atom. The van der Waals surface area contributed by atoms with Crippen molar-refractivity contribution in [2.75, 3.05) is 13.1 Å². The number of benzene rings is 2. The highest BCUT2D eigenvalue weighted by molar-refractivity contribution is 5.94. The number of allylic oxidation sites excluding steroid dienone is 2. The summed E-state index contributed by atoms with van der Waals surface area (Å²) in [7, 11) is 0. The summed E-state index contributed by atoms with van der Waals surface area (Å²) in [6.07, 6.45) is 5.78. The van der Waals surface area contributed by atoms with Crippen molar-refractivity contribution in [2.45, 2.75) is 19.8 Å². The van der Waals surface area contributed by atoms with E-state index in [4.69, 9.17) is 0 Å². The monoisotopic (exact) mass is 346 g/mol. The number of carbonyl (C=O) groups excluding carboxylic acids is 1. The fraction of sp³-hybridized carbons (Fsp3) is 0.261. The van der Waals surface area contributed by atoms with Gasteiger partial charge in [-0.25, -0.2) is 0 Å². The summed E-state index contributed by atoms with van der Waals surface area (Å²) in [6.45, 7) is 7.65. The smallest absolute Gasteiger partial charge is 0.253 e. The van der Waals surface area contributed by atoms with Gasteiger partial charge in [-0.15, -0.1) is 0 Å². The van der Waals surface area contributed by atoms with E-state index in [-0.39, 0.29) is 5.91 Å². The molecule has 26 heavy (non-hydrogen) atoms. The first-order valence-electron chi connectivity index (χ1n) is 9.20. The number of likely N-dealkylation sites (tertiary alicyclic amines) is 1. The van der Waals surface area contributed by atoms with Gasteiger partial charge in [-0.2, -0.15) is 0 Å². The van der Waals surface area contributed by atoms with Gasteiger partial charge in [0.25, 0.3) is 5.91 Å². The second-order valence-electron chi connectivity index (χ2n) is 6.68. The lowest BCUT2D eigenvalue weighted by atomic mass is 9.93. The molecule has 1 fully saturated rings. The van der Waals surface area contributed by atoms with Crippen molar-refractivity contribution in [1.82, 2.24) is 10.2 Å². The van der Waals surface area contributed by atoms with Crippen LogP contribution in [0.3, 0.4) is 0 Å². The maximum atomic E-state index is 12.8. The molecule has 3 rings (SSSR count). The number of hydrogen-bond donors (Lipinski definition) is 1. The maximum Gasteiger partial charge on any atom is 0.253 e. The Labute approximate surface area is 156 Å². The lowest BCUT2D eigenvalue weighted by Crippen LogP contribution is -2.39. The first-order chi connectivity index (χ1) is 12.7. The van der Waals surface area contributed by atoms with E-state index < -0.39 is 0 Å². The molecule has 0 saturated carbocycles. The Bertz CT molecular complexity index is 770. The average molecular weight is 346 g/mol. The van der Waals surface area contributed by atoms with Crippen LogP contribution in [0, 0.1) is 5.92 Å². The Morgan fingerprint density at radius 1 is 1.04 bits per heavy atom. The largest absolute Gasteiger partial charge is 0.366 e. The predicted octanol–water partition coefficient (Wildman–Crippen LogP) is 4.84. The van der Waals surface area contributed by atoms with E-state index >= 15 is 0 Å². The van der Waals surface area contributed by atoms with Crippen LogP contribution in [0.5, 0.6) is 0 Å². The number of nitrogens with zero attached hydrogens (tertiary/aromatic N) is 1. The van der Waals surface area contributed by atoms with Gasteiger partial charge in [-0.05, 0) is 49.2 Å². The number of rotatable bonds is 5. The topological polar surface area (TPSA) is 32.3 Å². The maximum absolute atomic E-state index is 12.8. The fourth-order valence-electron chi connectivity index (χ4n) is 3.36. The molecule has 0 bridgehead atoms. The van der Waals surface area contributed by atoms with Crippen molar-refractivity contribution in [3.63, 3.8) is 0 Å². The molecule has 0 unspecified atom stereocenters. The molecule has 1 N–H and O–H groups in total. The van der Waals surface area contributed by atoms with Crippen molar-refractivity contribution in [2.24, 2.45) is 5.92 Å². The van der Waals surface area contributed by atoms with Gasteiger partial charge >= 0.3 is 0 Å². The van der Waals surface area contributed by atoms with Crippen LogP contribution in [-0.4, -0.2) is 23.9 Å². The minimum Gasteiger partial charge on any atom is -0.366 e. The number of hydrogen-bond acceptors (Lipinski definition) is 2. The Hall–Kier alpha value is -2.81. The normalized spacial score (nSPS) is 15.2. The van der Waals surface area contributed by atoms with Crippen molar-refractivity contribution in [3.8, 4) is 11.1 Å². The molecule has 1 saturated heterocycles. The van der Waals surface area contributed by atoms with Crippen LogP contribution in [0.25, 0.3) is 11.1 Å². The molecular formula is C23H26N2O. The zero-order valence-electron chi connectivity index (χ0n) is 15.3. The van der Waals surface area contributed by atoms with Crippen LogP contribution >= 0.6 is 0 Å². The minimum atomic E-state index is 0.120.